The van der Waals surface area contributed by atoms with Crippen LogP contribution in [0.4, 0.5) is 5.69 Å². The fourth-order valence-corrected chi connectivity index (χ4v) is 1.96. The number of carboxylic acid groups (broad SMARTS) is 1. The van der Waals surface area contributed by atoms with Crippen molar-refractivity contribution in [2.45, 2.75) is 17.4 Å². The maximum Gasteiger partial charge on any atom is 0.322 e. The Bertz CT molecular complexity index is 524. The van der Waals surface area contributed by atoms with Gasteiger partial charge < -0.3 is 10.8 Å². The molecule has 0 spiro atoms. The number of nitro benzene ring substituents is 1. The minimum atomic E-state index is -1.26. The number of nitrogens with zero attached hydrogens (tertiary/aromatic N) is 1. The van der Waals surface area contributed by atoms with E-state index in [-0.39, 0.29) is 5.69 Å². The molecule has 108 valence electrons. The van der Waals surface area contributed by atoms with Gasteiger partial charge in [-0.1, -0.05) is 12.1 Å². The zero-order valence-corrected chi connectivity index (χ0v) is 10.9. The highest BCUT2D eigenvalue weighted by atomic mass is 32.2. The van der Waals surface area contributed by atoms with E-state index in [9.17, 15) is 19.7 Å². The number of aliphatic carboxylic acids is 1. The van der Waals surface area contributed by atoms with Gasteiger partial charge in [0.05, 0.1) is 11.3 Å². The van der Waals surface area contributed by atoms with Crippen LogP contribution in [0.25, 0.3) is 0 Å². The van der Waals surface area contributed by atoms with Crippen LogP contribution in [0.3, 0.4) is 0 Å². The predicted molar refractivity (Wildman–Crippen MR) is 70.5 cm³/mol. The van der Waals surface area contributed by atoms with E-state index in [1.165, 1.54) is 18.2 Å². The molecule has 1 atom stereocenters. The molecule has 9 nitrogen and oxygen atoms in total. The van der Waals surface area contributed by atoms with Crippen molar-refractivity contribution >= 4 is 29.5 Å². The van der Waals surface area contributed by atoms with Crippen LogP contribution in [0.5, 0.6) is 0 Å². The molecule has 0 radical (unpaired) electrons. The number of benzene rings is 1. The van der Waals surface area contributed by atoms with Gasteiger partial charge in [0.1, 0.15) is 10.9 Å². The number of carboxylic acids is 1. The molecule has 20 heavy (non-hydrogen) atoms. The molecule has 0 aliphatic heterocycles. The van der Waals surface area contributed by atoms with Crippen LogP contribution in [0.2, 0.25) is 0 Å². The lowest BCUT2D eigenvalue weighted by Gasteiger charge is -2.13. The molecule has 0 saturated carbocycles. The van der Waals surface area contributed by atoms with E-state index in [1.807, 2.05) is 0 Å². The summed E-state index contributed by atoms with van der Waals surface area (Å²) in [6.45, 7) is 0. The summed E-state index contributed by atoms with van der Waals surface area (Å²) in [7, 11) is 0. The van der Waals surface area contributed by atoms with E-state index in [0.717, 1.165) is 11.9 Å². The molecule has 0 fully saturated rings. The second-order valence-electron chi connectivity index (χ2n) is 3.63. The van der Waals surface area contributed by atoms with Gasteiger partial charge >= 0.3 is 5.97 Å². The SMILES string of the molecule is NC(=O)C[C@H](NNSc1ccccc1[N+](=O)[O-])C(=O)O. The van der Waals surface area contributed by atoms with Gasteiger partial charge in [-0.25, -0.2) is 5.43 Å². The topological polar surface area (TPSA) is 148 Å². The summed E-state index contributed by atoms with van der Waals surface area (Å²) in [6.07, 6.45) is -0.403. The molecule has 0 saturated heterocycles. The Morgan fingerprint density at radius 3 is 2.65 bits per heavy atom. The summed E-state index contributed by atoms with van der Waals surface area (Å²) in [5.74, 6) is -2.04. The normalized spacial score (nSPS) is 11.8. The summed E-state index contributed by atoms with van der Waals surface area (Å²) in [5, 5.41) is 19.6. The standard InChI is InChI=1S/C10H12N4O5S/c11-9(15)5-6(10(16)17)12-13-20-8-4-2-1-3-7(8)14(18)19/h1-4,6,12-13H,5H2,(H2,11,15)(H,16,17)/t6-/m0/s1. The third-order valence-electron chi connectivity index (χ3n) is 2.16. The smallest absolute Gasteiger partial charge is 0.322 e. The highest BCUT2D eigenvalue weighted by molar-refractivity contribution is 7.97. The first-order chi connectivity index (χ1) is 9.41. The van der Waals surface area contributed by atoms with Crippen LogP contribution in [0, 0.1) is 10.1 Å². The molecule has 0 heterocycles. The monoisotopic (exact) mass is 300 g/mol. The van der Waals surface area contributed by atoms with Gasteiger partial charge in [-0.3, -0.25) is 19.7 Å². The van der Waals surface area contributed by atoms with E-state index >= 15 is 0 Å². The number of primary amides is 1. The molecule has 0 aliphatic carbocycles. The summed E-state index contributed by atoms with van der Waals surface area (Å²) >= 11 is 0.830. The Labute approximate surface area is 117 Å². The lowest BCUT2D eigenvalue weighted by Crippen LogP contribution is -2.44. The van der Waals surface area contributed by atoms with E-state index in [1.54, 1.807) is 6.07 Å². The van der Waals surface area contributed by atoms with Gasteiger partial charge in [0, 0.05) is 6.07 Å². The zero-order chi connectivity index (χ0) is 15.1. The lowest BCUT2D eigenvalue weighted by molar-refractivity contribution is -0.387. The highest BCUT2D eigenvalue weighted by Gasteiger charge is 2.20. The van der Waals surface area contributed by atoms with Crippen molar-refractivity contribution in [1.82, 2.24) is 10.3 Å². The maximum absolute atomic E-state index is 10.8. The van der Waals surface area contributed by atoms with Crippen LogP contribution in [-0.2, 0) is 9.59 Å². The summed E-state index contributed by atoms with van der Waals surface area (Å²) in [6, 6.07) is 4.73. The number of para-hydroxylation sites is 1. The summed E-state index contributed by atoms with van der Waals surface area (Å²) < 4.78 is 0. The van der Waals surface area contributed by atoms with Crippen molar-refractivity contribution in [3.05, 3.63) is 34.4 Å². The first kappa shape index (κ1) is 15.9. The number of hydrogen-bond acceptors (Lipinski definition) is 7. The number of nitrogens with two attached hydrogens (primary N) is 1. The number of nitro groups is 1. The van der Waals surface area contributed by atoms with Gasteiger partial charge in [-0.2, -0.15) is 4.83 Å². The van der Waals surface area contributed by atoms with Crippen LogP contribution < -0.4 is 16.0 Å². The van der Waals surface area contributed by atoms with Crippen LogP contribution in [-0.4, -0.2) is 27.9 Å². The fourth-order valence-electron chi connectivity index (χ4n) is 1.25. The minimum Gasteiger partial charge on any atom is -0.480 e. The lowest BCUT2D eigenvalue weighted by atomic mass is 10.2. The number of amides is 1. The number of rotatable bonds is 8. The van der Waals surface area contributed by atoms with Crippen molar-refractivity contribution in [2.75, 3.05) is 0 Å². The maximum atomic E-state index is 10.8. The van der Waals surface area contributed by atoms with E-state index in [2.05, 4.69) is 10.3 Å². The summed E-state index contributed by atoms with van der Waals surface area (Å²) in [5.41, 5.74) is 7.15. The molecule has 1 rings (SSSR count). The number of hydrogen-bond donors (Lipinski definition) is 4. The highest BCUT2D eigenvalue weighted by Crippen LogP contribution is 2.25. The first-order valence-corrected chi connectivity index (χ1v) is 6.15. The first-order valence-electron chi connectivity index (χ1n) is 5.33. The number of carbonyl (C=O) groups excluding carboxylic acids is 1. The Hall–Kier alpha value is -2.17. The number of hydrazine groups is 1. The third kappa shape index (κ3) is 4.84. The molecular formula is C10H12N4O5S. The quantitative estimate of drug-likeness (QED) is 0.298. The van der Waals surface area contributed by atoms with Gasteiger partial charge in [-0.15, -0.1) is 0 Å². The third-order valence-corrected chi connectivity index (χ3v) is 2.94. The van der Waals surface area contributed by atoms with Crippen LogP contribution in [0.1, 0.15) is 6.42 Å². The molecule has 1 aromatic rings. The molecule has 10 heteroatoms. The molecule has 0 aliphatic rings. The van der Waals surface area contributed by atoms with E-state index < -0.39 is 29.3 Å². The van der Waals surface area contributed by atoms with Crippen molar-refractivity contribution in [3.8, 4) is 0 Å². The second kappa shape index (κ2) is 7.43. The molecule has 0 bridgehead atoms. The molecular weight excluding hydrogens is 288 g/mol. The fraction of sp³-hybridized carbons (Fsp3) is 0.200. The summed E-state index contributed by atoms with van der Waals surface area (Å²) in [4.78, 5) is 34.5. The predicted octanol–water partition coefficient (Wildman–Crippen LogP) is 0.0247. The zero-order valence-electron chi connectivity index (χ0n) is 10.1. The average molecular weight is 300 g/mol. The van der Waals surface area contributed by atoms with Crippen molar-refractivity contribution < 1.29 is 19.6 Å². The van der Waals surface area contributed by atoms with Crippen LogP contribution in [0.15, 0.2) is 29.2 Å². The molecule has 5 N–H and O–H groups in total. The Morgan fingerprint density at radius 2 is 2.10 bits per heavy atom. The van der Waals surface area contributed by atoms with Gasteiger partial charge in [0.2, 0.25) is 5.91 Å². The molecule has 1 amide bonds. The number of nitrogens with one attached hydrogen (secondary N) is 2. The Kier molecular flexibility index (Phi) is 5.90. The molecule has 0 unspecified atom stereocenters. The van der Waals surface area contributed by atoms with E-state index in [0.29, 0.717) is 4.90 Å². The van der Waals surface area contributed by atoms with Gasteiger partial charge in [-0.05, 0) is 18.0 Å². The largest absolute Gasteiger partial charge is 0.480 e. The second-order valence-corrected chi connectivity index (χ2v) is 4.48. The van der Waals surface area contributed by atoms with Crippen molar-refractivity contribution in [2.24, 2.45) is 5.73 Å². The number of carbonyl (C=O) groups is 2. The van der Waals surface area contributed by atoms with Crippen molar-refractivity contribution in [3.63, 3.8) is 0 Å². The van der Waals surface area contributed by atoms with Gasteiger partial charge in [0.25, 0.3) is 5.69 Å². The van der Waals surface area contributed by atoms with Crippen molar-refractivity contribution in [1.29, 1.82) is 0 Å². The molecule has 1 aromatic carbocycles. The Morgan fingerprint density at radius 1 is 1.45 bits per heavy atom. The van der Waals surface area contributed by atoms with Gasteiger partial charge in [0.15, 0.2) is 0 Å². The average Bonchev–Trinajstić information content (AvgIpc) is 2.37. The van der Waals surface area contributed by atoms with E-state index in [4.69, 9.17) is 10.8 Å². The minimum absolute atomic E-state index is 0.117. The van der Waals surface area contributed by atoms with Crippen LogP contribution >= 0.6 is 11.9 Å². The molecule has 0 aromatic heterocycles. The Balaban J connectivity index is 2.61.